The lowest BCUT2D eigenvalue weighted by molar-refractivity contribution is 0.342. The molecule has 1 aromatic carbocycles. The van der Waals surface area contributed by atoms with E-state index >= 15 is 0 Å². The van der Waals surface area contributed by atoms with Gasteiger partial charge in [-0.1, -0.05) is 24.3 Å². The lowest BCUT2D eigenvalue weighted by atomic mass is 10.1. The van der Waals surface area contributed by atoms with Crippen LogP contribution in [0.4, 0.5) is 5.82 Å². The number of hydrazone groups is 1. The third kappa shape index (κ3) is 5.72. The molecule has 0 saturated carbocycles. The van der Waals surface area contributed by atoms with E-state index in [1.807, 2.05) is 55.3 Å². The lowest BCUT2D eigenvalue weighted by Crippen LogP contribution is -2.32. The number of ether oxygens (including phenoxy) is 2. The largest absolute Gasteiger partial charge is 0.491 e. The zero-order valence-corrected chi connectivity index (χ0v) is 21.5. The van der Waals surface area contributed by atoms with E-state index in [1.165, 1.54) is 0 Å². The third-order valence-corrected chi connectivity index (χ3v) is 6.03. The minimum absolute atomic E-state index is 0.454. The second kappa shape index (κ2) is 10.7. The molecular weight excluding hydrogens is 466 g/mol. The molecule has 0 fully saturated rings. The molecule has 0 saturated heterocycles. The first-order valence-corrected chi connectivity index (χ1v) is 12.2. The van der Waals surface area contributed by atoms with Crippen LogP contribution in [0.15, 0.2) is 64.7 Å². The van der Waals surface area contributed by atoms with Crippen LogP contribution in [0.1, 0.15) is 29.8 Å². The molecule has 4 heterocycles. The summed E-state index contributed by atoms with van der Waals surface area (Å²) in [5.74, 6) is 3.17. The Morgan fingerprint density at radius 3 is 2.46 bits per heavy atom. The first kappa shape index (κ1) is 24.3. The normalized spacial score (nSPS) is 13.4. The molecule has 37 heavy (non-hydrogen) atoms. The van der Waals surface area contributed by atoms with E-state index in [2.05, 4.69) is 43.2 Å². The number of fused-ring (bicyclic) bond motifs is 1. The van der Waals surface area contributed by atoms with Crippen molar-refractivity contribution in [3.63, 3.8) is 0 Å². The number of nitrogens with zero attached hydrogens (tertiary/aromatic N) is 7. The van der Waals surface area contributed by atoms with Crippen molar-refractivity contribution in [2.75, 3.05) is 25.8 Å². The molecule has 1 aliphatic rings. The standard InChI is InChI=1S/C28H29N7O2/c1-18-29-23(12-11-21-10-9-20-7-5-6-8-25(20)32-21)16-27(31-18)35-17-24(30-19(2)34-35)15-22-13-14-26(36-3)28(33-22)37-4/h5-10,13-14,16H,11-12,15,17H2,1-4H3. The summed E-state index contributed by atoms with van der Waals surface area (Å²) in [6, 6.07) is 18.1. The molecule has 0 N–H and O–H groups in total. The predicted octanol–water partition coefficient (Wildman–Crippen LogP) is 4.37. The number of aliphatic imine (C=N–C) groups is 1. The molecule has 0 spiro atoms. The molecule has 0 aliphatic carbocycles. The number of pyridine rings is 2. The van der Waals surface area contributed by atoms with Crippen LogP contribution in [0.5, 0.6) is 11.6 Å². The fraction of sp³-hybridized carbons (Fsp3) is 0.286. The summed E-state index contributed by atoms with van der Waals surface area (Å²) in [6.07, 6.45) is 2.11. The lowest BCUT2D eigenvalue weighted by Gasteiger charge is -2.24. The molecule has 5 rings (SSSR count). The second-order valence-corrected chi connectivity index (χ2v) is 8.83. The summed E-state index contributed by atoms with van der Waals surface area (Å²) in [6.45, 7) is 4.30. The second-order valence-electron chi connectivity index (χ2n) is 8.83. The molecular formula is C28H29N7O2. The molecule has 0 radical (unpaired) electrons. The number of amidine groups is 1. The van der Waals surface area contributed by atoms with Crippen LogP contribution < -0.4 is 14.5 Å². The maximum Gasteiger partial charge on any atom is 0.256 e. The monoisotopic (exact) mass is 495 g/mol. The van der Waals surface area contributed by atoms with Gasteiger partial charge in [-0.05, 0) is 51.0 Å². The SMILES string of the molecule is COc1ccc(CC2=NC(C)=NN(c3cc(CCc4ccc5ccccc5n4)nc(C)n3)C2)nc1OC. The Morgan fingerprint density at radius 1 is 0.811 bits per heavy atom. The number of anilines is 1. The average Bonchev–Trinajstić information content (AvgIpc) is 2.91. The number of methoxy groups -OCH3 is 2. The Bertz CT molecular complexity index is 1500. The summed E-state index contributed by atoms with van der Waals surface area (Å²) < 4.78 is 10.6. The summed E-state index contributed by atoms with van der Waals surface area (Å²) in [4.78, 5) is 23.3. The van der Waals surface area contributed by atoms with Crippen LogP contribution in [0.2, 0.25) is 0 Å². The number of hydrogen-bond donors (Lipinski definition) is 0. The highest BCUT2D eigenvalue weighted by atomic mass is 16.5. The number of hydrogen-bond acceptors (Lipinski definition) is 9. The van der Waals surface area contributed by atoms with E-state index in [0.29, 0.717) is 36.3 Å². The minimum Gasteiger partial charge on any atom is -0.491 e. The number of benzene rings is 1. The van der Waals surface area contributed by atoms with Gasteiger partial charge >= 0.3 is 0 Å². The predicted molar refractivity (Wildman–Crippen MR) is 145 cm³/mol. The van der Waals surface area contributed by atoms with E-state index < -0.39 is 0 Å². The van der Waals surface area contributed by atoms with Crippen molar-refractivity contribution >= 4 is 28.3 Å². The highest BCUT2D eigenvalue weighted by Gasteiger charge is 2.19. The van der Waals surface area contributed by atoms with E-state index in [1.54, 1.807) is 14.2 Å². The maximum absolute atomic E-state index is 5.35. The van der Waals surface area contributed by atoms with Crippen LogP contribution in [-0.4, -0.2) is 52.2 Å². The van der Waals surface area contributed by atoms with Crippen LogP contribution in [-0.2, 0) is 19.3 Å². The van der Waals surface area contributed by atoms with Gasteiger partial charge in [0.25, 0.3) is 5.88 Å². The summed E-state index contributed by atoms with van der Waals surface area (Å²) >= 11 is 0. The molecule has 0 bridgehead atoms. The van der Waals surface area contributed by atoms with Crippen LogP contribution in [0, 0.1) is 6.92 Å². The highest BCUT2D eigenvalue weighted by Crippen LogP contribution is 2.25. The summed E-state index contributed by atoms with van der Waals surface area (Å²) in [5.41, 5.74) is 4.78. The molecule has 9 nitrogen and oxygen atoms in total. The van der Waals surface area contributed by atoms with Gasteiger partial charge in [-0.2, -0.15) is 5.10 Å². The van der Waals surface area contributed by atoms with Gasteiger partial charge in [0.1, 0.15) is 11.7 Å². The first-order chi connectivity index (χ1) is 18.0. The molecule has 3 aromatic heterocycles. The Balaban J connectivity index is 1.31. The van der Waals surface area contributed by atoms with E-state index in [-0.39, 0.29) is 0 Å². The van der Waals surface area contributed by atoms with Gasteiger partial charge in [0.2, 0.25) is 0 Å². The van der Waals surface area contributed by atoms with Crippen molar-refractivity contribution in [3.05, 3.63) is 77.5 Å². The molecule has 9 heteroatoms. The number of rotatable bonds is 8. The van der Waals surface area contributed by atoms with Crippen LogP contribution >= 0.6 is 0 Å². The van der Waals surface area contributed by atoms with E-state index in [9.17, 15) is 0 Å². The fourth-order valence-corrected chi connectivity index (χ4v) is 4.35. The van der Waals surface area contributed by atoms with Gasteiger partial charge in [0.15, 0.2) is 11.6 Å². The molecule has 4 aromatic rings. The van der Waals surface area contributed by atoms with Crippen molar-refractivity contribution in [3.8, 4) is 11.6 Å². The Labute approximate surface area is 215 Å². The van der Waals surface area contributed by atoms with Gasteiger partial charge in [-0.25, -0.2) is 25.0 Å². The average molecular weight is 496 g/mol. The Kier molecular flexibility index (Phi) is 7.02. The molecule has 0 unspecified atom stereocenters. The topological polar surface area (TPSA) is 98.0 Å². The fourth-order valence-electron chi connectivity index (χ4n) is 4.35. The van der Waals surface area contributed by atoms with Crippen molar-refractivity contribution in [1.29, 1.82) is 0 Å². The molecule has 0 atom stereocenters. The number of aryl methyl sites for hydroxylation is 3. The van der Waals surface area contributed by atoms with Crippen molar-refractivity contribution in [1.82, 2.24) is 19.9 Å². The van der Waals surface area contributed by atoms with Crippen molar-refractivity contribution < 1.29 is 9.47 Å². The highest BCUT2D eigenvalue weighted by molar-refractivity contribution is 6.02. The number of aromatic nitrogens is 4. The zero-order chi connectivity index (χ0) is 25.8. The van der Waals surface area contributed by atoms with Crippen LogP contribution in [0.3, 0.4) is 0 Å². The third-order valence-electron chi connectivity index (χ3n) is 6.03. The maximum atomic E-state index is 5.35. The smallest absolute Gasteiger partial charge is 0.256 e. The van der Waals surface area contributed by atoms with Gasteiger partial charge in [-0.3, -0.25) is 4.98 Å². The minimum atomic E-state index is 0.454. The van der Waals surface area contributed by atoms with Gasteiger partial charge in [-0.15, -0.1) is 0 Å². The van der Waals surface area contributed by atoms with Gasteiger partial charge < -0.3 is 9.47 Å². The molecule has 1 aliphatic heterocycles. The number of para-hydroxylation sites is 1. The van der Waals surface area contributed by atoms with E-state index in [0.717, 1.165) is 52.4 Å². The first-order valence-electron chi connectivity index (χ1n) is 12.2. The zero-order valence-electron chi connectivity index (χ0n) is 21.5. The van der Waals surface area contributed by atoms with Gasteiger partial charge in [0.05, 0.1) is 32.0 Å². The summed E-state index contributed by atoms with van der Waals surface area (Å²) in [7, 11) is 3.18. The Morgan fingerprint density at radius 2 is 1.62 bits per heavy atom. The van der Waals surface area contributed by atoms with Crippen molar-refractivity contribution in [2.24, 2.45) is 10.1 Å². The Hall–Kier alpha value is -4.40. The summed E-state index contributed by atoms with van der Waals surface area (Å²) in [5, 5.41) is 7.66. The van der Waals surface area contributed by atoms with Crippen LogP contribution in [0.25, 0.3) is 10.9 Å². The molecule has 0 amide bonds. The molecule has 188 valence electrons. The van der Waals surface area contributed by atoms with E-state index in [4.69, 9.17) is 14.5 Å². The van der Waals surface area contributed by atoms with Gasteiger partial charge in [0, 0.05) is 35.0 Å². The quantitative estimate of drug-likeness (QED) is 0.358. The van der Waals surface area contributed by atoms with Crippen molar-refractivity contribution in [2.45, 2.75) is 33.1 Å².